The monoisotopic (exact) mass is 338 g/mol. The van der Waals surface area contributed by atoms with Gasteiger partial charge in [0.1, 0.15) is 5.82 Å². The molecular formula is C13H12BrFN4O. The fourth-order valence-corrected chi connectivity index (χ4v) is 1.87. The highest BCUT2D eigenvalue weighted by Gasteiger charge is 2.11. The molecule has 0 atom stereocenters. The van der Waals surface area contributed by atoms with Gasteiger partial charge in [-0.1, -0.05) is 15.9 Å². The number of aromatic nitrogens is 2. The molecular weight excluding hydrogens is 327 g/mol. The van der Waals surface area contributed by atoms with Gasteiger partial charge in [0.25, 0.3) is 5.91 Å². The van der Waals surface area contributed by atoms with Gasteiger partial charge in [-0.05, 0) is 24.3 Å². The summed E-state index contributed by atoms with van der Waals surface area (Å²) in [5.41, 5.74) is 0.00957. The molecule has 0 bridgehead atoms. The van der Waals surface area contributed by atoms with E-state index in [1.807, 2.05) is 0 Å². The lowest BCUT2D eigenvalue weighted by molar-refractivity contribution is 0.0951. The molecule has 0 radical (unpaired) electrons. The first-order valence-electron chi connectivity index (χ1n) is 5.91. The average Bonchev–Trinajstić information content (AvgIpc) is 2.47. The first-order valence-corrected chi connectivity index (χ1v) is 6.70. The highest BCUT2D eigenvalue weighted by Crippen LogP contribution is 2.15. The smallest absolute Gasteiger partial charge is 0.254 e. The van der Waals surface area contributed by atoms with Crippen molar-refractivity contribution in [2.75, 3.05) is 18.4 Å². The van der Waals surface area contributed by atoms with E-state index in [9.17, 15) is 9.18 Å². The maximum atomic E-state index is 13.5. The summed E-state index contributed by atoms with van der Waals surface area (Å²) in [6.07, 6.45) is 3.23. The van der Waals surface area contributed by atoms with Gasteiger partial charge in [-0.15, -0.1) is 0 Å². The van der Waals surface area contributed by atoms with Crippen LogP contribution in [0.5, 0.6) is 0 Å². The normalized spacial score (nSPS) is 10.1. The molecule has 1 amide bonds. The van der Waals surface area contributed by atoms with Crippen molar-refractivity contribution in [1.82, 2.24) is 15.3 Å². The number of nitrogens with one attached hydrogen (secondary N) is 2. The molecule has 0 fully saturated rings. The standard InChI is InChI=1S/C13H12BrFN4O/c14-9-2-3-11(15)10(8-9)12(20)16-6-7-19-13-17-4-1-5-18-13/h1-5,8H,6-7H2,(H,16,20)(H,17,18,19). The number of anilines is 1. The van der Waals surface area contributed by atoms with Gasteiger partial charge < -0.3 is 10.6 Å². The number of rotatable bonds is 5. The first-order chi connectivity index (χ1) is 9.66. The van der Waals surface area contributed by atoms with Gasteiger partial charge in [0.05, 0.1) is 5.56 Å². The van der Waals surface area contributed by atoms with Crippen molar-refractivity contribution in [3.8, 4) is 0 Å². The van der Waals surface area contributed by atoms with Crippen molar-refractivity contribution < 1.29 is 9.18 Å². The summed E-state index contributed by atoms with van der Waals surface area (Å²) in [7, 11) is 0. The summed E-state index contributed by atoms with van der Waals surface area (Å²) in [6, 6.07) is 5.94. The van der Waals surface area contributed by atoms with Crippen LogP contribution in [0.2, 0.25) is 0 Å². The van der Waals surface area contributed by atoms with Gasteiger partial charge in [0.15, 0.2) is 0 Å². The van der Waals surface area contributed by atoms with E-state index >= 15 is 0 Å². The quantitative estimate of drug-likeness (QED) is 0.820. The molecule has 0 aliphatic heterocycles. The SMILES string of the molecule is O=C(NCCNc1ncccn1)c1cc(Br)ccc1F. The Labute approximate surface area is 123 Å². The molecule has 20 heavy (non-hydrogen) atoms. The van der Waals surface area contributed by atoms with E-state index in [4.69, 9.17) is 0 Å². The second kappa shape index (κ2) is 6.95. The molecule has 2 aromatic rings. The Balaban J connectivity index is 1.82. The van der Waals surface area contributed by atoms with Gasteiger partial charge in [0, 0.05) is 30.0 Å². The third-order valence-electron chi connectivity index (χ3n) is 2.43. The van der Waals surface area contributed by atoms with Gasteiger partial charge in [-0.3, -0.25) is 4.79 Å². The summed E-state index contributed by atoms with van der Waals surface area (Å²) >= 11 is 3.20. The number of nitrogens with zero attached hydrogens (tertiary/aromatic N) is 2. The average molecular weight is 339 g/mol. The van der Waals surface area contributed by atoms with Crippen molar-refractivity contribution in [3.63, 3.8) is 0 Å². The van der Waals surface area contributed by atoms with Gasteiger partial charge in [-0.2, -0.15) is 0 Å². The third kappa shape index (κ3) is 3.99. The lowest BCUT2D eigenvalue weighted by Gasteiger charge is -2.07. The van der Waals surface area contributed by atoms with E-state index in [1.165, 1.54) is 12.1 Å². The zero-order valence-corrected chi connectivity index (χ0v) is 12.0. The number of benzene rings is 1. The van der Waals surface area contributed by atoms with E-state index in [0.29, 0.717) is 23.5 Å². The molecule has 0 unspecified atom stereocenters. The van der Waals surface area contributed by atoms with Crippen molar-refractivity contribution in [3.05, 3.63) is 52.5 Å². The molecule has 0 aliphatic rings. The van der Waals surface area contributed by atoms with Crippen LogP contribution in [0.4, 0.5) is 10.3 Å². The lowest BCUT2D eigenvalue weighted by Crippen LogP contribution is -2.29. The van der Waals surface area contributed by atoms with Gasteiger partial charge in [0.2, 0.25) is 5.95 Å². The molecule has 0 saturated carbocycles. The van der Waals surface area contributed by atoms with Crippen molar-refractivity contribution in [1.29, 1.82) is 0 Å². The number of halogens is 2. The van der Waals surface area contributed by atoms with Crippen LogP contribution >= 0.6 is 15.9 Å². The minimum Gasteiger partial charge on any atom is -0.352 e. The number of carbonyl (C=O) groups excluding carboxylic acids is 1. The second-order valence-electron chi connectivity index (χ2n) is 3.88. The van der Waals surface area contributed by atoms with Crippen LogP contribution in [0.25, 0.3) is 0 Å². The Morgan fingerprint density at radius 3 is 2.75 bits per heavy atom. The maximum Gasteiger partial charge on any atom is 0.254 e. The van der Waals surface area contributed by atoms with Crippen LogP contribution in [0.15, 0.2) is 41.1 Å². The molecule has 1 aromatic carbocycles. The van der Waals surface area contributed by atoms with Crippen molar-refractivity contribution >= 4 is 27.8 Å². The molecule has 0 saturated heterocycles. The van der Waals surface area contributed by atoms with Crippen LogP contribution in [0, 0.1) is 5.82 Å². The van der Waals surface area contributed by atoms with Crippen LogP contribution in [-0.4, -0.2) is 29.0 Å². The van der Waals surface area contributed by atoms with Crippen molar-refractivity contribution in [2.45, 2.75) is 0 Å². The van der Waals surface area contributed by atoms with Crippen LogP contribution in [0.1, 0.15) is 10.4 Å². The summed E-state index contributed by atoms with van der Waals surface area (Å²) in [5, 5.41) is 5.56. The summed E-state index contributed by atoms with van der Waals surface area (Å²) in [4.78, 5) is 19.8. The summed E-state index contributed by atoms with van der Waals surface area (Å²) in [5.74, 6) is -0.528. The van der Waals surface area contributed by atoms with Crippen LogP contribution in [0.3, 0.4) is 0 Å². The highest BCUT2D eigenvalue weighted by atomic mass is 79.9. The summed E-state index contributed by atoms with van der Waals surface area (Å²) < 4.78 is 14.1. The lowest BCUT2D eigenvalue weighted by atomic mass is 10.2. The molecule has 2 N–H and O–H groups in total. The molecule has 0 aliphatic carbocycles. The minimum absolute atomic E-state index is 0.00957. The van der Waals surface area contributed by atoms with Gasteiger partial charge >= 0.3 is 0 Å². The Morgan fingerprint density at radius 2 is 2.00 bits per heavy atom. The number of hydrogen-bond acceptors (Lipinski definition) is 4. The number of carbonyl (C=O) groups is 1. The topological polar surface area (TPSA) is 66.9 Å². The molecule has 7 heteroatoms. The molecule has 104 valence electrons. The van der Waals surface area contributed by atoms with Crippen molar-refractivity contribution in [2.24, 2.45) is 0 Å². The molecule has 2 rings (SSSR count). The van der Waals surface area contributed by atoms with E-state index in [1.54, 1.807) is 24.5 Å². The summed E-state index contributed by atoms with van der Waals surface area (Å²) in [6.45, 7) is 0.786. The zero-order valence-electron chi connectivity index (χ0n) is 10.4. The molecule has 0 spiro atoms. The predicted molar refractivity (Wildman–Crippen MR) is 77.0 cm³/mol. The molecule has 5 nitrogen and oxygen atoms in total. The Morgan fingerprint density at radius 1 is 1.25 bits per heavy atom. The zero-order chi connectivity index (χ0) is 14.4. The minimum atomic E-state index is -0.551. The molecule has 1 aromatic heterocycles. The highest BCUT2D eigenvalue weighted by molar-refractivity contribution is 9.10. The Bertz CT molecular complexity index is 594. The molecule has 1 heterocycles. The fraction of sp³-hybridized carbons (Fsp3) is 0.154. The second-order valence-corrected chi connectivity index (χ2v) is 4.79. The van der Waals surface area contributed by atoms with E-state index in [2.05, 4.69) is 36.5 Å². The first kappa shape index (κ1) is 14.4. The largest absolute Gasteiger partial charge is 0.352 e. The van der Waals surface area contributed by atoms with E-state index < -0.39 is 11.7 Å². The third-order valence-corrected chi connectivity index (χ3v) is 2.93. The van der Waals surface area contributed by atoms with E-state index in [-0.39, 0.29) is 5.56 Å². The van der Waals surface area contributed by atoms with Crippen LogP contribution in [-0.2, 0) is 0 Å². The maximum absolute atomic E-state index is 13.5. The van der Waals surface area contributed by atoms with Crippen LogP contribution < -0.4 is 10.6 Å². The van der Waals surface area contributed by atoms with Gasteiger partial charge in [-0.25, -0.2) is 14.4 Å². The van der Waals surface area contributed by atoms with E-state index in [0.717, 1.165) is 0 Å². The number of amides is 1. The fourth-order valence-electron chi connectivity index (χ4n) is 1.51. The Hall–Kier alpha value is -2.02. The predicted octanol–water partition coefficient (Wildman–Crippen LogP) is 2.22. The number of hydrogen-bond donors (Lipinski definition) is 2. The Kier molecular flexibility index (Phi) is 5.00.